The van der Waals surface area contributed by atoms with E-state index in [1.54, 1.807) is 0 Å². The van der Waals surface area contributed by atoms with Crippen molar-refractivity contribution < 1.29 is 13.7 Å². The van der Waals surface area contributed by atoms with Gasteiger partial charge in [0, 0.05) is 23.6 Å². The Bertz CT molecular complexity index is 991. The monoisotopic (exact) mass is 374 g/mol. The predicted octanol–water partition coefficient (Wildman–Crippen LogP) is 4.38. The van der Waals surface area contributed by atoms with E-state index in [4.69, 9.17) is 4.74 Å². The number of hydrogen-bond donors (Lipinski definition) is 0. The Morgan fingerprint density at radius 3 is 1.96 bits per heavy atom. The zero-order valence-electron chi connectivity index (χ0n) is 14.6. The van der Waals surface area contributed by atoms with Crippen molar-refractivity contribution in [3.63, 3.8) is 0 Å². The Kier molecular flexibility index (Phi) is 4.50. The van der Waals surface area contributed by atoms with Gasteiger partial charge in [0.05, 0.1) is 20.6 Å². The lowest BCUT2D eigenvalue weighted by molar-refractivity contribution is -0.151. The molecular weight excluding hydrogens is 356 g/mol. The molecule has 3 aromatic carbocycles. The van der Waals surface area contributed by atoms with Crippen LogP contribution >= 0.6 is 0 Å². The molecule has 1 aliphatic heterocycles. The van der Waals surface area contributed by atoms with Gasteiger partial charge in [-0.1, -0.05) is 73.3 Å². The Labute approximate surface area is 160 Å². The fourth-order valence-corrected chi connectivity index (χ4v) is 5.13. The Morgan fingerprint density at radius 2 is 1.41 bits per heavy atom. The number of rotatable bonds is 4. The van der Waals surface area contributed by atoms with E-state index in [-0.39, 0.29) is 0 Å². The van der Waals surface area contributed by atoms with Crippen LogP contribution in [-0.4, -0.2) is 10.2 Å². The lowest BCUT2D eigenvalue weighted by Gasteiger charge is -2.39. The highest BCUT2D eigenvalue weighted by Crippen LogP contribution is 2.47. The third-order valence-electron chi connectivity index (χ3n) is 4.78. The minimum atomic E-state index is -1.33. The van der Waals surface area contributed by atoms with Gasteiger partial charge >= 0.3 is 5.97 Å². The maximum atomic E-state index is 13.2. The van der Waals surface area contributed by atoms with Crippen LogP contribution in [0.25, 0.3) is 0 Å². The third kappa shape index (κ3) is 2.92. The van der Waals surface area contributed by atoms with Crippen molar-refractivity contribution in [1.82, 2.24) is 0 Å². The molecule has 0 atom stereocenters. The first kappa shape index (κ1) is 17.4. The zero-order chi connectivity index (χ0) is 18.9. The van der Waals surface area contributed by atoms with Crippen molar-refractivity contribution in [2.45, 2.75) is 21.8 Å². The maximum absolute atomic E-state index is 13.2. The molecule has 1 heterocycles. The van der Waals surface area contributed by atoms with Gasteiger partial charge in [-0.15, -0.1) is 0 Å². The summed E-state index contributed by atoms with van der Waals surface area (Å²) in [5.74, 6) is -0.511. The fraction of sp³-hybridized carbons (Fsp3) is 0.0870. The Hall–Kier alpha value is -2.98. The van der Waals surface area contributed by atoms with Gasteiger partial charge in [-0.3, -0.25) is 0 Å². The molecular formula is C23H18O3S. The van der Waals surface area contributed by atoms with Crippen molar-refractivity contribution in [2.24, 2.45) is 0 Å². The molecule has 4 rings (SSSR count). The summed E-state index contributed by atoms with van der Waals surface area (Å²) < 4.78 is 19.2. The van der Waals surface area contributed by atoms with Crippen molar-refractivity contribution >= 4 is 16.8 Å². The normalized spacial score (nSPS) is 20.2. The molecule has 0 N–H and O–H groups in total. The molecule has 3 aromatic rings. The molecule has 1 aliphatic rings. The molecule has 4 heteroatoms. The largest absolute Gasteiger partial charge is 0.446 e. The number of carbonyl (C=O) groups is 1. The molecule has 0 amide bonds. The summed E-state index contributed by atoms with van der Waals surface area (Å²) in [5, 5.41) is 0. The summed E-state index contributed by atoms with van der Waals surface area (Å²) >= 11 is 0. The molecule has 0 saturated heterocycles. The molecule has 134 valence electrons. The molecule has 0 saturated carbocycles. The second kappa shape index (κ2) is 6.97. The molecule has 0 spiro atoms. The SMILES string of the molecule is C=CC(=O)OC1(Cc2ccccc2)c2ccccc2S(=O)c2ccccc21. The number of benzene rings is 3. The first-order valence-corrected chi connectivity index (χ1v) is 9.81. The number of ether oxygens (including phenoxy) is 1. The zero-order valence-corrected chi connectivity index (χ0v) is 15.4. The van der Waals surface area contributed by atoms with Gasteiger partial charge in [-0.2, -0.15) is 0 Å². The van der Waals surface area contributed by atoms with E-state index in [0.29, 0.717) is 16.2 Å². The maximum Gasteiger partial charge on any atom is 0.331 e. The highest BCUT2D eigenvalue weighted by Gasteiger charge is 2.46. The van der Waals surface area contributed by atoms with Crippen LogP contribution in [-0.2, 0) is 32.4 Å². The van der Waals surface area contributed by atoms with E-state index in [1.165, 1.54) is 6.08 Å². The van der Waals surface area contributed by atoms with Gasteiger partial charge < -0.3 is 4.74 Å². The molecule has 3 nitrogen and oxygen atoms in total. The van der Waals surface area contributed by atoms with Gasteiger partial charge in [0.2, 0.25) is 0 Å². The lowest BCUT2D eigenvalue weighted by Crippen LogP contribution is -2.40. The highest BCUT2D eigenvalue weighted by atomic mass is 32.2. The number of fused-ring (bicyclic) bond motifs is 2. The van der Waals surface area contributed by atoms with Gasteiger partial charge in [-0.25, -0.2) is 9.00 Å². The Balaban J connectivity index is 2.02. The van der Waals surface area contributed by atoms with E-state index >= 15 is 0 Å². The van der Waals surface area contributed by atoms with Crippen LogP contribution in [0.2, 0.25) is 0 Å². The first-order chi connectivity index (χ1) is 13.2. The van der Waals surface area contributed by atoms with Crippen LogP contribution in [0.15, 0.2) is 101 Å². The second-order valence-electron chi connectivity index (χ2n) is 6.38. The molecule has 0 unspecified atom stereocenters. The molecule has 0 aromatic heterocycles. The molecule has 27 heavy (non-hydrogen) atoms. The summed E-state index contributed by atoms with van der Waals surface area (Å²) in [6, 6.07) is 24.8. The summed E-state index contributed by atoms with van der Waals surface area (Å²) in [6.45, 7) is 3.56. The standard InChI is InChI=1S/C23H18O3S/c1-2-22(24)26-23(16-17-10-4-3-5-11-17)18-12-6-8-14-20(18)27(25)21-15-9-7-13-19(21)23/h2-15H,1,16H2. The van der Waals surface area contributed by atoms with Gasteiger partial charge in [0.15, 0.2) is 5.60 Å². The molecule has 0 fully saturated rings. The average Bonchev–Trinajstić information content (AvgIpc) is 2.73. The minimum absolute atomic E-state index is 0.443. The van der Waals surface area contributed by atoms with E-state index < -0.39 is 22.4 Å². The van der Waals surface area contributed by atoms with Crippen molar-refractivity contribution in [3.8, 4) is 0 Å². The summed E-state index contributed by atoms with van der Waals surface area (Å²) in [4.78, 5) is 13.7. The van der Waals surface area contributed by atoms with Gasteiger partial charge in [0.1, 0.15) is 0 Å². The van der Waals surface area contributed by atoms with Crippen molar-refractivity contribution in [1.29, 1.82) is 0 Å². The van der Waals surface area contributed by atoms with Crippen LogP contribution < -0.4 is 0 Å². The number of carbonyl (C=O) groups excluding carboxylic acids is 1. The van der Waals surface area contributed by atoms with E-state index in [0.717, 1.165) is 16.7 Å². The smallest absolute Gasteiger partial charge is 0.331 e. The summed E-state index contributed by atoms with van der Waals surface area (Å²) in [6.07, 6.45) is 1.61. The van der Waals surface area contributed by atoms with Gasteiger partial charge in [-0.05, 0) is 17.7 Å². The quantitative estimate of drug-likeness (QED) is 0.503. The topological polar surface area (TPSA) is 43.4 Å². The molecule has 0 aliphatic carbocycles. The Morgan fingerprint density at radius 1 is 0.889 bits per heavy atom. The van der Waals surface area contributed by atoms with E-state index in [1.807, 2.05) is 78.9 Å². The second-order valence-corrected chi connectivity index (χ2v) is 7.79. The van der Waals surface area contributed by atoms with Crippen molar-refractivity contribution in [3.05, 3.63) is 108 Å². The lowest BCUT2D eigenvalue weighted by atomic mass is 9.80. The summed E-state index contributed by atoms with van der Waals surface area (Å²) in [7, 11) is -1.33. The van der Waals surface area contributed by atoms with Crippen LogP contribution in [0.5, 0.6) is 0 Å². The fourth-order valence-electron chi connectivity index (χ4n) is 3.62. The average molecular weight is 374 g/mol. The number of hydrogen-bond acceptors (Lipinski definition) is 3. The van der Waals surface area contributed by atoms with E-state index in [9.17, 15) is 9.00 Å². The van der Waals surface area contributed by atoms with Crippen LogP contribution in [0, 0.1) is 0 Å². The first-order valence-electron chi connectivity index (χ1n) is 8.66. The van der Waals surface area contributed by atoms with Gasteiger partial charge in [0.25, 0.3) is 0 Å². The highest BCUT2D eigenvalue weighted by molar-refractivity contribution is 7.85. The third-order valence-corrected chi connectivity index (χ3v) is 6.29. The van der Waals surface area contributed by atoms with Crippen LogP contribution in [0.4, 0.5) is 0 Å². The van der Waals surface area contributed by atoms with Crippen molar-refractivity contribution in [2.75, 3.05) is 0 Å². The molecule has 0 radical (unpaired) electrons. The van der Waals surface area contributed by atoms with Crippen LogP contribution in [0.3, 0.4) is 0 Å². The van der Waals surface area contributed by atoms with E-state index in [2.05, 4.69) is 6.58 Å². The minimum Gasteiger partial charge on any atom is -0.446 e. The van der Waals surface area contributed by atoms with Crippen LogP contribution in [0.1, 0.15) is 16.7 Å². The summed E-state index contributed by atoms with van der Waals surface area (Å²) in [5.41, 5.74) is 1.46. The predicted molar refractivity (Wildman–Crippen MR) is 105 cm³/mol. The molecule has 0 bridgehead atoms. The number of esters is 1.